The second kappa shape index (κ2) is 2.09. The molecule has 8 heavy (non-hydrogen) atoms. The molecule has 2 nitrogen and oxygen atoms in total. The third-order valence-corrected chi connectivity index (χ3v) is 2.26. The van der Waals surface area contributed by atoms with Crippen LogP contribution in [0.4, 0.5) is 5.82 Å². The Bertz CT molecular complexity index is 178. The number of halogens is 2. The highest BCUT2D eigenvalue weighted by Crippen LogP contribution is 2.30. The van der Waals surface area contributed by atoms with Gasteiger partial charge in [-0.3, -0.25) is 0 Å². The maximum Gasteiger partial charge on any atom is 0.157 e. The van der Waals surface area contributed by atoms with E-state index in [0.717, 1.165) is 11.5 Å². The molecule has 0 unspecified atom stereocenters. The van der Waals surface area contributed by atoms with Crippen molar-refractivity contribution in [2.45, 2.75) is 0 Å². The van der Waals surface area contributed by atoms with E-state index in [1.165, 1.54) is 0 Å². The monoisotopic (exact) mass is 168 g/mol. The first-order valence-corrected chi connectivity index (χ1v) is 3.31. The molecule has 0 bridgehead atoms. The molecule has 0 aliphatic rings. The summed E-state index contributed by atoms with van der Waals surface area (Å²) in [5.74, 6) is 0.307. The van der Waals surface area contributed by atoms with Crippen LogP contribution in [0.1, 0.15) is 0 Å². The van der Waals surface area contributed by atoms with E-state index >= 15 is 0 Å². The summed E-state index contributed by atoms with van der Waals surface area (Å²) in [5, 5.41) is 0.358. The van der Waals surface area contributed by atoms with Gasteiger partial charge in [0.05, 0.1) is 0 Å². The van der Waals surface area contributed by atoms with Gasteiger partial charge in [-0.2, -0.15) is 4.37 Å². The first kappa shape index (κ1) is 6.13. The second-order valence-electron chi connectivity index (χ2n) is 1.16. The number of nitrogens with two attached hydrogens (primary N) is 1. The average Bonchev–Trinajstić information content (AvgIpc) is 1.98. The molecule has 0 amide bonds. The SMILES string of the molecule is Nc1nsc(Cl)c1Cl. The van der Waals surface area contributed by atoms with Crippen molar-refractivity contribution in [3.63, 3.8) is 0 Å². The summed E-state index contributed by atoms with van der Waals surface area (Å²) in [4.78, 5) is 0. The van der Waals surface area contributed by atoms with E-state index in [9.17, 15) is 0 Å². The van der Waals surface area contributed by atoms with E-state index < -0.39 is 0 Å². The van der Waals surface area contributed by atoms with E-state index in [4.69, 9.17) is 28.9 Å². The highest BCUT2D eigenvalue weighted by Gasteiger charge is 2.03. The van der Waals surface area contributed by atoms with Crippen LogP contribution in [-0.4, -0.2) is 4.37 Å². The summed E-state index contributed by atoms with van der Waals surface area (Å²) in [6.07, 6.45) is 0. The minimum absolute atomic E-state index is 0.307. The van der Waals surface area contributed by atoms with Gasteiger partial charge < -0.3 is 5.73 Å². The number of hydrogen-bond acceptors (Lipinski definition) is 3. The zero-order chi connectivity index (χ0) is 6.15. The smallest absolute Gasteiger partial charge is 0.157 e. The van der Waals surface area contributed by atoms with E-state index in [0.29, 0.717) is 15.2 Å². The maximum atomic E-state index is 5.48. The fourth-order valence-electron chi connectivity index (χ4n) is 0.270. The molecule has 0 atom stereocenters. The van der Waals surface area contributed by atoms with Crippen LogP contribution in [-0.2, 0) is 0 Å². The second-order valence-corrected chi connectivity index (χ2v) is 2.91. The van der Waals surface area contributed by atoms with Gasteiger partial charge in [-0.15, -0.1) is 0 Å². The number of aromatic nitrogens is 1. The Labute approximate surface area is 60.4 Å². The third-order valence-electron chi connectivity index (χ3n) is 0.622. The van der Waals surface area contributed by atoms with Gasteiger partial charge in [0.1, 0.15) is 9.36 Å². The van der Waals surface area contributed by atoms with Gasteiger partial charge in [-0.25, -0.2) is 0 Å². The molecular formula is C3H2Cl2N2S. The van der Waals surface area contributed by atoms with Gasteiger partial charge >= 0.3 is 0 Å². The van der Waals surface area contributed by atoms with Gasteiger partial charge in [0.15, 0.2) is 5.82 Å². The van der Waals surface area contributed by atoms with Crippen molar-refractivity contribution in [3.8, 4) is 0 Å². The van der Waals surface area contributed by atoms with Crippen molar-refractivity contribution in [3.05, 3.63) is 9.36 Å². The topological polar surface area (TPSA) is 38.9 Å². The molecule has 0 spiro atoms. The molecule has 1 aromatic heterocycles. The quantitative estimate of drug-likeness (QED) is 0.645. The Balaban J connectivity index is 3.19. The zero-order valence-corrected chi connectivity index (χ0v) is 6.02. The zero-order valence-electron chi connectivity index (χ0n) is 3.69. The lowest BCUT2D eigenvalue weighted by Crippen LogP contribution is -1.81. The molecule has 5 heteroatoms. The lowest BCUT2D eigenvalue weighted by atomic mass is 10.7. The van der Waals surface area contributed by atoms with Gasteiger partial charge in [0, 0.05) is 0 Å². The number of hydrogen-bond donors (Lipinski definition) is 1. The van der Waals surface area contributed by atoms with Crippen LogP contribution in [0.25, 0.3) is 0 Å². The first-order valence-electron chi connectivity index (χ1n) is 1.78. The molecule has 0 saturated heterocycles. The van der Waals surface area contributed by atoms with E-state index in [2.05, 4.69) is 4.37 Å². The van der Waals surface area contributed by atoms with Crippen LogP contribution in [0.15, 0.2) is 0 Å². The Morgan fingerprint density at radius 2 is 2.12 bits per heavy atom. The molecule has 1 heterocycles. The van der Waals surface area contributed by atoms with Crippen molar-refractivity contribution >= 4 is 40.6 Å². The average molecular weight is 169 g/mol. The summed E-state index contributed by atoms with van der Waals surface area (Å²) >= 11 is 12.0. The van der Waals surface area contributed by atoms with Crippen molar-refractivity contribution < 1.29 is 0 Å². The van der Waals surface area contributed by atoms with Crippen LogP contribution in [0.5, 0.6) is 0 Å². The Kier molecular flexibility index (Phi) is 1.60. The third kappa shape index (κ3) is 0.891. The highest BCUT2D eigenvalue weighted by atomic mass is 35.5. The Hall–Kier alpha value is 0.01000. The van der Waals surface area contributed by atoms with Gasteiger partial charge in [-0.05, 0) is 11.5 Å². The van der Waals surface area contributed by atoms with Gasteiger partial charge in [0.25, 0.3) is 0 Å². The molecule has 1 aromatic rings. The lowest BCUT2D eigenvalue weighted by molar-refractivity contribution is 1.56. The molecule has 1 rings (SSSR count). The molecule has 0 aliphatic carbocycles. The summed E-state index contributed by atoms with van der Waals surface area (Å²) in [5.41, 5.74) is 5.22. The van der Waals surface area contributed by atoms with Gasteiger partial charge in [-0.1, -0.05) is 23.2 Å². The predicted octanol–water partition coefficient (Wildman–Crippen LogP) is 2.03. The standard InChI is InChI=1S/C3H2Cl2N2S/c4-1-2(5)8-7-3(1)6/h(H2,6,7). The first-order chi connectivity index (χ1) is 3.72. The van der Waals surface area contributed by atoms with Gasteiger partial charge in [0.2, 0.25) is 0 Å². The van der Waals surface area contributed by atoms with Crippen molar-refractivity contribution in [1.29, 1.82) is 0 Å². The fraction of sp³-hybridized carbons (Fsp3) is 0. The molecular weight excluding hydrogens is 167 g/mol. The fourth-order valence-corrected chi connectivity index (χ4v) is 1.12. The molecule has 0 aliphatic heterocycles. The maximum absolute atomic E-state index is 5.48. The van der Waals surface area contributed by atoms with E-state index in [1.807, 2.05) is 0 Å². The minimum atomic E-state index is 0.307. The molecule has 0 saturated carbocycles. The summed E-state index contributed by atoms with van der Waals surface area (Å²) in [6.45, 7) is 0. The molecule has 0 aromatic carbocycles. The molecule has 2 N–H and O–H groups in total. The largest absolute Gasteiger partial charge is 0.382 e. The number of nitrogens with zero attached hydrogens (tertiary/aromatic N) is 1. The minimum Gasteiger partial charge on any atom is -0.382 e. The van der Waals surface area contributed by atoms with E-state index in [1.54, 1.807) is 0 Å². The summed E-state index contributed by atoms with van der Waals surface area (Å²) in [7, 11) is 0. The number of rotatable bonds is 0. The molecule has 0 radical (unpaired) electrons. The van der Waals surface area contributed by atoms with Crippen LogP contribution in [0.2, 0.25) is 9.36 Å². The number of anilines is 1. The van der Waals surface area contributed by atoms with Crippen molar-refractivity contribution in [2.24, 2.45) is 0 Å². The van der Waals surface area contributed by atoms with Crippen molar-refractivity contribution in [2.75, 3.05) is 5.73 Å². The van der Waals surface area contributed by atoms with Crippen LogP contribution in [0.3, 0.4) is 0 Å². The predicted molar refractivity (Wildman–Crippen MR) is 36.5 cm³/mol. The van der Waals surface area contributed by atoms with E-state index in [-0.39, 0.29) is 0 Å². The molecule has 0 fully saturated rings. The normalized spacial score (nSPS) is 9.75. The Morgan fingerprint density at radius 3 is 2.25 bits per heavy atom. The molecule has 44 valence electrons. The highest BCUT2D eigenvalue weighted by molar-refractivity contribution is 7.11. The van der Waals surface area contributed by atoms with Crippen LogP contribution >= 0.6 is 34.7 Å². The van der Waals surface area contributed by atoms with Crippen LogP contribution < -0.4 is 5.73 Å². The van der Waals surface area contributed by atoms with Crippen molar-refractivity contribution in [1.82, 2.24) is 4.37 Å². The Morgan fingerprint density at radius 1 is 1.50 bits per heavy atom. The summed E-state index contributed by atoms with van der Waals surface area (Å²) in [6, 6.07) is 0. The lowest BCUT2D eigenvalue weighted by Gasteiger charge is -1.79. The van der Waals surface area contributed by atoms with Crippen LogP contribution in [0, 0.1) is 0 Å². The number of nitrogen functional groups attached to an aromatic ring is 1. The summed E-state index contributed by atoms with van der Waals surface area (Å²) < 4.78 is 4.12.